The average molecular weight is 431 g/mol. The van der Waals surface area contributed by atoms with E-state index in [1.165, 1.54) is 23.2 Å². The van der Waals surface area contributed by atoms with E-state index in [9.17, 15) is 22.8 Å². The molecule has 2 heterocycles. The van der Waals surface area contributed by atoms with Gasteiger partial charge in [0.1, 0.15) is 6.04 Å². The zero-order valence-electron chi connectivity index (χ0n) is 16.0. The maximum Gasteiger partial charge on any atom is 0.328 e. The Kier molecular flexibility index (Phi) is 7.99. The fraction of sp³-hybridized carbons (Fsp3) is 0.611. The number of hydrogen-bond donors (Lipinski definition) is 1. The summed E-state index contributed by atoms with van der Waals surface area (Å²) in [6, 6.07) is 2.09. The predicted molar refractivity (Wildman–Crippen MR) is 106 cm³/mol. The summed E-state index contributed by atoms with van der Waals surface area (Å²) in [6.45, 7) is 3.42. The Bertz CT molecular complexity index is 791. The number of rotatable bonds is 9. The molecule has 1 aromatic rings. The lowest BCUT2D eigenvalue weighted by Gasteiger charge is -2.28. The van der Waals surface area contributed by atoms with Crippen molar-refractivity contribution in [1.29, 1.82) is 0 Å². The standard InChI is InChI=1S/C18H26N2O6S2/c1-3-4-8-20(14-7-10-28(24,25)12-14)16(21)11-26-18(23)13(2)19-17(22)15-6-5-9-27-15/h5-6,9,13-14H,3-4,7-8,10-12H2,1-2H3,(H,19,22). The molecule has 2 rings (SSSR count). The molecule has 1 aromatic heterocycles. The van der Waals surface area contributed by atoms with E-state index >= 15 is 0 Å². The van der Waals surface area contributed by atoms with E-state index in [1.807, 2.05) is 6.92 Å². The topological polar surface area (TPSA) is 110 Å². The van der Waals surface area contributed by atoms with Crippen molar-refractivity contribution >= 4 is 39.0 Å². The summed E-state index contributed by atoms with van der Waals surface area (Å²) >= 11 is 1.25. The molecule has 0 aliphatic carbocycles. The van der Waals surface area contributed by atoms with Gasteiger partial charge in [0.2, 0.25) is 0 Å². The highest BCUT2D eigenvalue weighted by Crippen LogP contribution is 2.19. The third-order valence-corrected chi connectivity index (χ3v) is 7.13. The Hall–Kier alpha value is -1.94. The van der Waals surface area contributed by atoms with Crippen molar-refractivity contribution < 1.29 is 27.5 Å². The van der Waals surface area contributed by atoms with Crippen LogP contribution in [0.1, 0.15) is 42.8 Å². The van der Waals surface area contributed by atoms with E-state index in [0.29, 0.717) is 17.8 Å². The maximum atomic E-state index is 12.6. The number of hydrogen-bond acceptors (Lipinski definition) is 7. The van der Waals surface area contributed by atoms with Crippen LogP contribution in [0, 0.1) is 0 Å². The van der Waals surface area contributed by atoms with Gasteiger partial charge in [-0.05, 0) is 31.2 Å². The summed E-state index contributed by atoms with van der Waals surface area (Å²) in [4.78, 5) is 38.6. The molecular weight excluding hydrogens is 404 g/mol. The van der Waals surface area contributed by atoms with Crippen LogP contribution in [0.15, 0.2) is 17.5 Å². The highest BCUT2D eigenvalue weighted by molar-refractivity contribution is 7.91. The maximum absolute atomic E-state index is 12.6. The van der Waals surface area contributed by atoms with Crippen LogP contribution in [-0.4, -0.2) is 67.8 Å². The Morgan fingerprint density at radius 1 is 1.39 bits per heavy atom. The Balaban J connectivity index is 1.88. The smallest absolute Gasteiger partial charge is 0.328 e. The molecule has 1 aliphatic rings. The molecule has 0 saturated carbocycles. The first-order valence-corrected chi connectivity index (χ1v) is 11.9. The largest absolute Gasteiger partial charge is 0.454 e. The number of nitrogens with zero attached hydrogens (tertiary/aromatic N) is 1. The van der Waals surface area contributed by atoms with Crippen molar-refractivity contribution in [2.45, 2.75) is 45.2 Å². The van der Waals surface area contributed by atoms with Crippen LogP contribution in [0.5, 0.6) is 0 Å². The Labute approximate surface area is 169 Å². The number of esters is 1. The highest BCUT2D eigenvalue weighted by atomic mass is 32.2. The lowest BCUT2D eigenvalue weighted by molar-refractivity contribution is -0.154. The second kappa shape index (κ2) is 10.0. The van der Waals surface area contributed by atoms with Crippen molar-refractivity contribution in [2.24, 2.45) is 0 Å². The highest BCUT2D eigenvalue weighted by Gasteiger charge is 2.34. The number of carbonyl (C=O) groups is 3. The molecular formula is C18H26N2O6S2. The summed E-state index contributed by atoms with van der Waals surface area (Å²) in [5, 5.41) is 4.28. The molecule has 8 nitrogen and oxygen atoms in total. The van der Waals surface area contributed by atoms with Gasteiger partial charge in [-0.3, -0.25) is 9.59 Å². The van der Waals surface area contributed by atoms with E-state index in [-0.39, 0.29) is 23.5 Å². The van der Waals surface area contributed by atoms with Crippen LogP contribution in [0.2, 0.25) is 0 Å². The van der Waals surface area contributed by atoms with E-state index in [0.717, 1.165) is 12.8 Å². The van der Waals surface area contributed by atoms with Gasteiger partial charge in [-0.25, -0.2) is 13.2 Å². The molecule has 0 bridgehead atoms. The fourth-order valence-electron chi connectivity index (χ4n) is 2.94. The van der Waals surface area contributed by atoms with Crippen LogP contribution in [0.25, 0.3) is 0 Å². The lowest BCUT2D eigenvalue weighted by atomic mass is 10.2. The predicted octanol–water partition coefficient (Wildman–Crippen LogP) is 1.23. The van der Waals surface area contributed by atoms with Crippen molar-refractivity contribution in [3.63, 3.8) is 0 Å². The molecule has 156 valence electrons. The van der Waals surface area contributed by atoms with Crippen molar-refractivity contribution in [1.82, 2.24) is 10.2 Å². The number of unbranched alkanes of at least 4 members (excludes halogenated alkanes) is 1. The average Bonchev–Trinajstić information content (AvgIpc) is 3.29. The second-order valence-electron chi connectivity index (χ2n) is 6.78. The number of ether oxygens (including phenoxy) is 1. The van der Waals surface area contributed by atoms with Crippen molar-refractivity contribution in [3.05, 3.63) is 22.4 Å². The summed E-state index contributed by atoms with van der Waals surface area (Å²) in [7, 11) is -3.13. The van der Waals surface area contributed by atoms with Crippen molar-refractivity contribution in [3.8, 4) is 0 Å². The molecule has 1 fully saturated rings. The first-order valence-electron chi connectivity index (χ1n) is 9.24. The number of sulfone groups is 1. The van der Waals surface area contributed by atoms with E-state index in [4.69, 9.17) is 4.74 Å². The molecule has 0 aromatic carbocycles. The van der Waals surface area contributed by atoms with Gasteiger partial charge in [-0.1, -0.05) is 19.4 Å². The Morgan fingerprint density at radius 2 is 2.14 bits per heavy atom. The SMILES string of the molecule is CCCCN(C(=O)COC(=O)C(C)NC(=O)c1cccs1)C1CCS(=O)(=O)C1. The number of amides is 2. The van der Waals surface area contributed by atoms with Crippen LogP contribution < -0.4 is 5.32 Å². The Morgan fingerprint density at radius 3 is 2.71 bits per heavy atom. The van der Waals surface area contributed by atoms with Crippen LogP contribution in [0.3, 0.4) is 0 Å². The fourth-order valence-corrected chi connectivity index (χ4v) is 5.29. The van der Waals surface area contributed by atoms with Gasteiger partial charge in [0, 0.05) is 12.6 Å². The van der Waals surface area contributed by atoms with Gasteiger partial charge in [0.25, 0.3) is 11.8 Å². The minimum Gasteiger partial charge on any atom is -0.454 e. The van der Waals surface area contributed by atoms with Gasteiger partial charge >= 0.3 is 5.97 Å². The molecule has 10 heteroatoms. The first-order chi connectivity index (χ1) is 13.2. The van der Waals surface area contributed by atoms with Gasteiger partial charge < -0.3 is 15.0 Å². The summed E-state index contributed by atoms with van der Waals surface area (Å²) in [6.07, 6.45) is 2.00. The zero-order valence-corrected chi connectivity index (χ0v) is 17.7. The molecule has 0 spiro atoms. The monoisotopic (exact) mass is 430 g/mol. The second-order valence-corrected chi connectivity index (χ2v) is 9.95. The van der Waals surface area contributed by atoms with Gasteiger partial charge in [0.05, 0.1) is 16.4 Å². The molecule has 1 aliphatic heterocycles. The summed E-state index contributed by atoms with van der Waals surface area (Å²) in [5.74, 6) is -1.50. The lowest BCUT2D eigenvalue weighted by Crippen LogP contribution is -2.45. The van der Waals surface area contributed by atoms with Crippen LogP contribution in [0.4, 0.5) is 0 Å². The van der Waals surface area contributed by atoms with Gasteiger partial charge in [0.15, 0.2) is 16.4 Å². The van der Waals surface area contributed by atoms with E-state index in [1.54, 1.807) is 17.5 Å². The van der Waals surface area contributed by atoms with E-state index in [2.05, 4.69) is 5.32 Å². The molecule has 1 saturated heterocycles. The normalized spacial score (nSPS) is 19.0. The molecule has 0 radical (unpaired) electrons. The molecule has 2 atom stereocenters. The van der Waals surface area contributed by atoms with Crippen LogP contribution in [-0.2, 0) is 24.2 Å². The summed E-state index contributed by atoms with van der Waals surface area (Å²) in [5.41, 5.74) is 0. The van der Waals surface area contributed by atoms with E-state index < -0.39 is 34.4 Å². The molecule has 28 heavy (non-hydrogen) atoms. The third kappa shape index (κ3) is 6.30. The number of nitrogens with one attached hydrogen (secondary N) is 1. The quantitative estimate of drug-likeness (QED) is 0.590. The molecule has 1 N–H and O–H groups in total. The number of thiophene rings is 1. The van der Waals surface area contributed by atoms with Gasteiger partial charge in [-0.15, -0.1) is 11.3 Å². The van der Waals surface area contributed by atoms with Crippen LogP contribution >= 0.6 is 11.3 Å². The summed E-state index contributed by atoms with van der Waals surface area (Å²) < 4.78 is 28.5. The minimum atomic E-state index is -3.13. The molecule has 2 unspecified atom stereocenters. The number of carbonyl (C=O) groups excluding carboxylic acids is 3. The minimum absolute atomic E-state index is 0.0519. The van der Waals surface area contributed by atoms with Gasteiger partial charge in [-0.2, -0.15) is 0 Å². The third-order valence-electron chi connectivity index (χ3n) is 4.51. The molecule has 2 amide bonds. The van der Waals surface area contributed by atoms with Crippen molar-refractivity contribution in [2.75, 3.05) is 24.7 Å². The zero-order chi connectivity index (χ0) is 20.7. The first kappa shape index (κ1) is 22.4.